The van der Waals surface area contributed by atoms with Crippen molar-refractivity contribution in [1.82, 2.24) is 43.8 Å². The van der Waals surface area contributed by atoms with E-state index < -0.39 is 17.9 Å². The fourth-order valence-electron chi connectivity index (χ4n) is 7.13. The zero-order chi connectivity index (χ0) is 48.2. The molecule has 0 radical (unpaired) electrons. The number of imidazole rings is 3. The molecule has 15 nitrogen and oxygen atoms in total. The molecule has 0 unspecified atom stereocenters. The summed E-state index contributed by atoms with van der Waals surface area (Å²) in [5.41, 5.74) is 8.62. The molecule has 23 heteroatoms. The number of aromatic carboxylic acids is 1. The number of carboxylic acids is 1. The van der Waals surface area contributed by atoms with Crippen LogP contribution in [-0.4, -0.2) is 81.0 Å². The Morgan fingerprint density at radius 2 is 0.887 bits per heavy atom. The smallest absolute Gasteiger partial charge is 0.358 e. The Balaban J connectivity index is 0.000000191. The number of ether oxygens (including phenoxy) is 2. The maximum atomic E-state index is 13.1. The summed E-state index contributed by atoms with van der Waals surface area (Å²) in [6.45, 7) is 0. The van der Waals surface area contributed by atoms with Gasteiger partial charge in [0, 0.05) is 65.0 Å². The van der Waals surface area contributed by atoms with E-state index >= 15 is 0 Å². The summed E-state index contributed by atoms with van der Waals surface area (Å²) in [6.07, 6.45) is 8.80. The second kappa shape index (κ2) is 24.6. The number of benzene rings is 3. The normalized spacial score (nSPS) is 12.3. The van der Waals surface area contributed by atoms with Crippen LogP contribution in [0.25, 0.3) is 50.7 Å². The Morgan fingerprint density at radius 1 is 0.577 bits per heavy atom. The number of carbonyl (C=O) groups is 3. The van der Waals surface area contributed by atoms with Crippen molar-refractivity contribution in [2.24, 2.45) is 0 Å². The van der Waals surface area contributed by atoms with Crippen LogP contribution in [0.4, 0.5) is 17.9 Å². The lowest BCUT2D eigenvalue weighted by atomic mass is 10.1. The van der Waals surface area contributed by atoms with Crippen molar-refractivity contribution in [2.45, 2.75) is 44.9 Å². The molecular weight excluding hydrogens is 1340 g/mol. The van der Waals surface area contributed by atoms with E-state index in [2.05, 4.69) is 88.1 Å². The maximum absolute atomic E-state index is 13.1. The molecule has 0 aliphatic heterocycles. The first-order chi connectivity index (χ1) is 32.8. The fourth-order valence-corrected chi connectivity index (χ4v) is 7.61. The molecule has 6 heterocycles. The average molecular weight is 1380 g/mol. The lowest BCUT2D eigenvalue weighted by Gasteiger charge is -2.06. The Morgan fingerprint density at radius 3 is 1.23 bits per heavy atom. The summed E-state index contributed by atoms with van der Waals surface area (Å²) in [6, 6.07) is 24.0. The summed E-state index contributed by atoms with van der Waals surface area (Å²) in [7, 11) is 2.62. The summed E-state index contributed by atoms with van der Waals surface area (Å²) < 4.78 is 53.8. The van der Waals surface area contributed by atoms with Gasteiger partial charge in [0.1, 0.15) is 17.5 Å². The van der Waals surface area contributed by atoms with Crippen LogP contribution < -0.4 is 0 Å². The molecule has 2 fully saturated rings. The number of fused-ring (bicyclic) bond motifs is 3. The third-order valence-corrected chi connectivity index (χ3v) is 11.3. The number of hydrogen-bond donors (Lipinski definition) is 1. The first-order valence-electron chi connectivity index (χ1n) is 20.5. The van der Waals surface area contributed by atoms with E-state index in [1.807, 2.05) is 12.1 Å². The molecule has 2 saturated carbocycles. The summed E-state index contributed by atoms with van der Waals surface area (Å²) >= 11 is 7.63. The molecule has 11 rings (SSSR count). The molecule has 0 amide bonds. The number of methoxy groups -OCH3 is 2. The van der Waals surface area contributed by atoms with Gasteiger partial charge in [-0.05, 0) is 144 Å². The number of aromatic nitrogens is 9. The van der Waals surface area contributed by atoms with Crippen LogP contribution in [0.1, 0.15) is 87.5 Å². The van der Waals surface area contributed by atoms with E-state index in [1.54, 1.807) is 53.2 Å². The largest absolute Gasteiger partial charge is 0.476 e. The van der Waals surface area contributed by atoms with Crippen molar-refractivity contribution in [3.8, 4) is 33.8 Å². The predicted molar refractivity (Wildman–Crippen MR) is 289 cm³/mol. The molecule has 2 aliphatic carbocycles. The third-order valence-electron chi connectivity index (χ3n) is 10.8. The number of carbonyl (C=O) groups excluding carboxylic acids is 2. The van der Waals surface area contributed by atoms with Crippen molar-refractivity contribution < 1.29 is 46.8 Å². The van der Waals surface area contributed by atoms with E-state index in [1.165, 1.54) is 72.0 Å². The average Bonchev–Trinajstić information content (AvgIpc) is 4.25. The van der Waals surface area contributed by atoms with Gasteiger partial charge < -0.3 is 14.6 Å². The van der Waals surface area contributed by atoms with Crippen molar-refractivity contribution in [3.05, 3.63) is 160 Å². The summed E-state index contributed by atoms with van der Waals surface area (Å²) in [5.74, 6) is -2.15. The lowest BCUT2D eigenvalue weighted by molar-refractivity contribution is 0.0586. The van der Waals surface area contributed by atoms with Gasteiger partial charge in [-0.1, -0.05) is 7.43 Å². The van der Waals surface area contributed by atoms with Gasteiger partial charge in [-0.3, -0.25) is 4.70 Å². The van der Waals surface area contributed by atoms with Crippen molar-refractivity contribution in [2.75, 3.05) is 14.2 Å². The highest BCUT2D eigenvalue weighted by Gasteiger charge is 2.30. The summed E-state index contributed by atoms with van der Waals surface area (Å²) in [4.78, 5) is 47.0. The van der Waals surface area contributed by atoms with Crippen molar-refractivity contribution in [3.63, 3.8) is 0 Å². The van der Waals surface area contributed by atoms with Gasteiger partial charge in [0.15, 0.2) is 34.0 Å². The van der Waals surface area contributed by atoms with Crippen LogP contribution in [0.2, 0.25) is 0 Å². The molecule has 2 aliphatic rings. The minimum Gasteiger partial charge on any atom is -0.476 e. The van der Waals surface area contributed by atoms with Crippen LogP contribution in [-0.2, 0) is 9.47 Å². The number of hydrogen-bond acceptors (Lipinski definition) is 11. The van der Waals surface area contributed by atoms with Gasteiger partial charge in [0.05, 0.1) is 54.4 Å². The standard InChI is InChI=1S/C17H14FN3O2.C16H12FN3O2.C14H9BrFN3O2.CH4.FH.I2.HI/c1-23-17(22)15-9-21-16(19-15)13(10-2-3-10)8-14(20-21)11-4-6-12(18)7-5-11;17-11-5-3-10(4-6-11)13-7-12(9-1-2-9)15-18-14(16(21)22)8-20(15)19-13;1-21-14(20)12-7-19-13(17-12)10(15)6-11(18-19)8-2-4-9(16)5-3-8;;;1-2;/h4-10H,2-3H2,1H3;3-9H,1-2H2,(H,21,22);2-7H,1H3;1H4;1H;;1H. The molecule has 0 saturated heterocycles. The first kappa shape index (κ1) is 56.2. The number of halogens is 8. The summed E-state index contributed by atoms with van der Waals surface area (Å²) in [5, 5.41) is 22.4. The molecular formula is C48H41BrF4I3N9O6. The second-order valence-electron chi connectivity index (χ2n) is 15.4. The van der Waals surface area contributed by atoms with E-state index in [0.29, 0.717) is 44.6 Å². The van der Waals surface area contributed by atoms with Crippen LogP contribution in [0.5, 0.6) is 0 Å². The molecule has 370 valence electrons. The number of nitrogens with zero attached hydrogens (tertiary/aromatic N) is 9. The molecule has 71 heavy (non-hydrogen) atoms. The molecule has 0 spiro atoms. The Bertz CT molecular complexity index is 3340. The van der Waals surface area contributed by atoms with Gasteiger partial charge in [-0.15, -0.1) is 24.0 Å². The minimum atomic E-state index is -1.07. The number of rotatable bonds is 8. The van der Waals surface area contributed by atoms with Crippen LogP contribution in [0.3, 0.4) is 0 Å². The third kappa shape index (κ3) is 13.1. The Labute approximate surface area is 451 Å². The molecule has 3 aromatic carbocycles. The van der Waals surface area contributed by atoms with E-state index in [0.717, 1.165) is 59.2 Å². The molecule has 0 atom stereocenters. The first-order valence-corrected chi connectivity index (χ1v) is 27.6. The van der Waals surface area contributed by atoms with Gasteiger partial charge in [-0.2, -0.15) is 15.3 Å². The topological polar surface area (TPSA) is 180 Å². The van der Waals surface area contributed by atoms with Gasteiger partial charge in [-0.25, -0.2) is 56.1 Å². The van der Waals surface area contributed by atoms with Crippen LogP contribution in [0.15, 0.2) is 114 Å². The molecule has 1 N–H and O–H groups in total. The monoisotopic (exact) mass is 1370 g/mol. The van der Waals surface area contributed by atoms with Gasteiger partial charge in [0.2, 0.25) is 0 Å². The predicted octanol–water partition coefficient (Wildman–Crippen LogP) is 12.6. The molecule has 0 bridgehead atoms. The Kier molecular flexibility index (Phi) is 19.5. The lowest BCUT2D eigenvalue weighted by Crippen LogP contribution is -2.00. The van der Waals surface area contributed by atoms with E-state index in [9.17, 15) is 27.6 Å². The highest BCUT2D eigenvalue weighted by molar-refractivity contribution is 15.0. The minimum absolute atomic E-state index is 0. The number of esters is 2. The van der Waals surface area contributed by atoms with E-state index in [-0.39, 0.29) is 70.6 Å². The van der Waals surface area contributed by atoms with E-state index in [4.69, 9.17) is 9.84 Å². The highest BCUT2D eigenvalue weighted by atomic mass is 128. The maximum Gasteiger partial charge on any atom is 0.358 e. The van der Waals surface area contributed by atoms with Gasteiger partial charge >= 0.3 is 17.9 Å². The zero-order valence-electron chi connectivity index (χ0n) is 36.5. The quantitative estimate of drug-likeness (QED) is 0.0865. The zero-order valence-corrected chi connectivity index (χ0v) is 44.7. The highest BCUT2D eigenvalue weighted by Crippen LogP contribution is 2.43. The number of carboxylic acid groups (broad SMARTS) is 1. The second-order valence-corrected chi connectivity index (χ2v) is 16.2. The fraction of sp³-hybridized carbons (Fsp3) is 0.188. The SMILES string of the molecule is C.COC(=O)c1cn2nc(-c3ccc(F)cc3)cc(Br)c2n1.COC(=O)c1cn2nc(-c3ccc(F)cc3)cc(C3CC3)c2n1.F.I.II.O=C(O)c1cn2nc(-c3ccc(F)cc3)cc(C3CC3)c2n1. The Hall–Kier alpha value is -5.68. The van der Waals surface area contributed by atoms with Gasteiger partial charge in [0.25, 0.3) is 0 Å². The molecule has 6 aromatic heterocycles. The van der Waals surface area contributed by atoms with Crippen molar-refractivity contribution in [1.29, 1.82) is 0 Å². The van der Waals surface area contributed by atoms with Crippen molar-refractivity contribution >= 4 is 112 Å². The molecule has 9 aromatic rings. The van der Waals surface area contributed by atoms with Crippen LogP contribution >= 0.6 is 77.1 Å². The van der Waals surface area contributed by atoms with Crippen LogP contribution in [0, 0.1) is 17.5 Å².